The molecule has 2 aliphatic heterocycles. The number of aliphatic hydroxyl groups excluding tert-OH is 2. The van der Waals surface area contributed by atoms with Crippen molar-refractivity contribution < 1.29 is 33.3 Å². The molecule has 186 valence electrons. The molecule has 0 aromatic heterocycles. The van der Waals surface area contributed by atoms with Gasteiger partial charge in [0, 0.05) is 18.5 Å². The number of hydrogen-bond acceptors (Lipinski definition) is 5. The molecule has 36 heavy (non-hydrogen) atoms. The zero-order valence-corrected chi connectivity index (χ0v) is 19.3. The summed E-state index contributed by atoms with van der Waals surface area (Å²) in [5.74, 6) is -2.47. The van der Waals surface area contributed by atoms with Gasteiger partial charge >= 0.3 is 0 Å². The van der Waals surface area contributed by atoms with Crippen molar-refractivity contribution in [3.63, 3.8) is 0 Å². The number of hydrogen-bond donors (Lipinski definition) is 2. The predicted molar refractivity (Wildman–Crippen MR) is 127 cm³/mol. The van der Waals surface area contributed by atoms with E-state index in [1.165, 1.54) is 17.0 Å². The van der Waals surface area contributed by atoms with Crippen molar-refractivity contribution in [1.29, 1.82) is 0 Å². The number of amides is 2. The van der Waals surface area contributed by atoms with E-state index in [0.717, 1.165) is 11.6 Å². The fraction of sp³-hybridized carbons (Fsp3) is 0.286. The van der Waals surface area contributed by atoms with E-state index in [4.69, 9.17) is 4.74 Å². The van der Waals surface area contributed by atoms with Gasteiger partial charge in [-0.05, 0) is 60.2 Å². The molecular formula is C28H25F2NO5. The summed E-state index contributed by atoms with van der Waals surface area (Å²) in [7, 11) is 0. The first-order valence-corrected chi connectivity index (χ1v) is 11.8. The lowest BCUT2D eigenvalue weighted by atomic mass is 9.90. The molecule has 0 aliphatic carbocycles. The zero-order chi connectivity index (χ0) is 25.4. The topological polar surface area (TPSA) is 87.1 Å². The molecule has 1 saturated heterocycles. The number of ether oxygens (including phenoxy) is 1. The third-order valence-corrected chi connectivity index (χ3v) is 6.95. The molecule has 2 heterocycles. The highest BCUT2D eigenvalue weighted by molar-refractivity contribution is 6.21. The zero-order valence-electron chi connectivity index (χ0n) is 19.3. The van der Waals surface area contributed by atoms with E-state index in [-0.39, 0.29) is 18.4 Å². The molecule has 0 bridgehead atoms. The molecule has 8 heteroatoms. The maximum atomic E-state index is 13.5. The summed E-state index contributed by atoms with van der Waals surface area (Å²) in [6.07, 6.45) is -1.58. The first-order valence-electron chi connectivity index (χ1n) is 11.8. The summed E-state index contributed by atoms with van der Waals surface area (Å²) in [5, 5.41) is 20.6. The Kier molecular flexibility index (Phi) is 6.66. The minimum Gasteiger partial charge on any atom is -0.387 e. The van der Waals surface area contributed by atoms with Gasteiger partial charge in [0.15, 0.2) is 6.29 Å². The Morgan fingerprint density at radius 2 is 1.42 bits per heavy atom. The van der Waals surface area contributed by atoms with Gasteiger partial charge in [0.05, 0.1) is 17.2 Å². The van der Waals surface area contributed by atoms with E-state index in [1.807, 2.05) is 12.1 Å². The first kappa shape index (κ1) is 24.2. The van der Waals surface area contributed by atoms with Crippen LogP contribution in [0.5, 0.6) is 0 Å². The van der Waals surface area contributed by atoms with Crippen LogP contribution in [0, 0.1) is 17.6 Å². The van der Waals surface area contributed by atoms with Crippen LogP contribution >= 0.6 is 0 Å². The SMILES string of the molecule is O=C1c2ccccc2C(=O)N1CC[C@@H]1[C@@H](O)[C@H](O)O[C@@H]1CCc1ccc(-c2cc(F)cc(F)c2)cc1. The Hall–Kier alpha value is -3.46. The first-order chi connectivity index (χ1) is 17.3. The fourth-order valence-electron chi connectivity index (χ4n) is 5.04. The van der Waals surface area contributed by atoms with Crippen molar-refractivity contribution in [3.8, 4) is 11.1 Å². The maximum absolute atomic E-state index is 13.5. The molecule has 3 aromatic carbocycles. The molecule has 0 radical (unpaired) electrons. The van der Waals surface area contributed by atoms with Crippen molar-refractivity contribution in [2.75, 3.05) is 6.54 Å². The summed E-state index contributed by atoms with van der Waals surface area (Å²) in [5.41, 5.74) is 2.81. The summed E-state index contributed by atoms with van der Waals surface area (Å²) < 4.78 is 32.6. The Morgan fingerprint density at radius 3 is 2.03 bits per heavy atom. The second-order valence-electron chi connectivity index (χ2n) is 9.21. The van der Waals surface area contributed by atoms with Gasteiger partial charge in [0.1, 0.15) is 17.7 Å². The lowest BCUT2D eigenvalue weighted by molar-refractivity contribution is -0.127. The average molecular weight is 494 g/mol. The van der Waals surface area contributed by atoms with Crippen LogP contribution in [-0.4, -0.2) is 52.0 Å². The average Bonchev–Trinajstić information content (AvgIpc) is 3.28. The number of carbonyl (C=O) groups is 2. The predicted octanol–water partition coefficient (Wildman–Crippen LogP) is 3.95. The second-order valence-corrected chi connectivity index (χ2v) is 9.21. The van der Waals surface area contributed by atoms with Gasteiger partial charge in [0.2, 0.25) is 0 Å². The molecule has 6 nitrogen and oxygen atoms in total. The van der Waals surface area contributed by atoms with Gasteiger partial charge in [-0.15, -0.1) is 0 Å². The number of fused-ring (bicyclic) bond motifs is 1. The number of rotatable bonds is 7. The summed E-state index contributed by atoms with van der Waals surface area (Å²) in [6, 6.07) is 17.3. The lowest BCUT2D eigenvalue weighted by Crippen LogP contribution is -2.35. The van der Waals surface area contributed by atoms with Gasteiger partial charge in [0.25, 0.3) is 11.8 Å². The number of aliphatic hydroxyl groups is 2. The second kappa shape index (κ2) is 9.89. The van der Waals surface area contributed by atoms with Crippen LogP contribution in [0.1, 0.15) is 39.1 Å². The molecule has 2 N–H and O–H groups in total. The van der Waals surface area contributed by atoms with Crippen LogP contribution in [-0.2, 0) is 11.2 Å². The summed E-state index contributed by atoms with van der Waals surface area (Å²) >= 11 is 0. The minimum absolute atomic E-state index is 0.111. The van der Waals surface area contributed by atoms with Crippen LogP contribution < -0.4 is 0 Å². The lowest BCUT2D eigenvalue weighted by Gasteiger charge is -2.22. The number of nitrogens with zero attached hydrogens (tertiary/aromatic N) is 1. The van der Waals surface area contributed by atoms with Crippen molar-refractivity contribution in [3.05, 3.63) is 95.1 Å². The van der Waals surface area contributed by atoms with Gasteiger partial charge in [-0.3, -0.25) is 14.5 Å². The molecule has 2 amide bonds. The largest absolute Gasteiger partial charge is 0.387 e. The van der Waals surface area contributed by atoms with E-state index in [9.17, 15) is 28.6 Å². The molecule has 1 fully saturated rings. The Balaban J connectivity index is 1.22. The minimum atomic E-state index is -1.34. The van der Waals surface area contributed by atoms with Crippen molar-refractivity contribution >= 4 is 11.8 Å². The quantitative estimate of drug-likeness (QED) is 0.487. The Morgan fingerprint density at radius 1 is 0.806 bits per heavy atom. The van der Waals surface area contributed by atoms with Crippen LogP contribution in [0.15, 0.2) is 66.7 Å². The highest BCUT2D eigenvalue weighted by Crippen LogP contribution is 2.33. The number of benzene rings is 3. The number of halogens is 2. The number of imide groups is 1. The third kappa shape index (κ3) is 4.67. The van der Waals surface area contributed by atoms with Crippen LogP contribution in [0.2, 0.25) is 0 Å². The standard InChI is InChI=1S/C28H25F2NO5/c29-19-13-18(14-20(30)15-19)17-8-5-16(6-9-17)7-10-24-23(25(32)28(35)36-24)11-12-31-26(33)21-3-1-2-4-22(21)27(31)34/h1-6,8-9,13-15,23-25,28,32,35H,7,10-12H2/t23-,24+,25+,28+/m0/s1. The van der Waals surface area contributed by atoms with Crippen molar-refractivity contribution in [2.45, 2.75) is 37.8 Å². The van der Waals surface area contributed by atoms with E-state index in [1.54, 1.807) is 36.4 Å². The van der Waals surface area contributed by atoms with E-state index in [0.29, 0.717) is 41.5 Å². The summed E-state index contributed by atoms with van der Waals surface area (Å²) in [6.45, 7) is 0.111. The number of aryl methyl sites for hydroxylation is 1. The van der Waals surface area contributed by atoms with Crippen LogP contribution in [0.4, 0.5) is 8.78 Å². The van der Waals surface area contributed by atoms with E-state index >= 15 is 0 Å². The molecule has 0 unspecified atom stereocenters. The molecule has 0 spiro atoms. The van der Waals surface area contributed by atoms with Gasteiger partial charge in [-0.2, -0.15) is 0 Å². The van der Waals surface area contributed by atoms with Gasteiger partial charge < -0.3 is 14.9 Å². The van der Waals surface area contributed by atoms with Crippen molar-refractivity contribution in [2.24, 2.45) is 5.92 Å². The fourth-order valence-corrected chi connectivity index (χ4v) is 5.04. The highest BCUT2D eigenvalue weighted by atomic mass is 19.1. The molecule has 5 rings (SSSR count). The van der Waals surface area contributed by atoms with Gasteiger partial charge in [-0.25, -0.2) is 8.78 Å². The van der Waals surface area contributed by atoms with Crippen LogP contribution in [0.3, 0.4) is 0 Å². The normalized spacial score (nSPS) is 23.4. The van der Waals surface area contributed by atoms with Crippen molar-refractivity contribution in [1.82, 2.24) is 4.90 Å². The monoisotopic (exact) mass is 493 g/mol. The molecule has 2 aliphatic rings. The Bertz CT molecular complexity index is 1240. The maximum Gasteiger partial charge on any atom is 0.261 e. The Labute approximate surface area is 206 Å². The molecule has 4 atom stereocenters. The van der Waals surface area contributed by atoms with E-state index < -0.39 is 36.1 Å². The third-order valence-electron chi connectivity index (χ3n) is 6.95. The molecular weight excluding hydrogens is 468 g/mol. The smallest absolute Gasteiger partial charge is 0.261 e. The van der Waals surface area contributed by atoms with Crippen LogP contribution in [0.25, 0.3) is 11.1 Å². The van der Waals surface area contributed by atoms with E-state index in [2.05, 4.69) is 0 Å². The summed E-state index contributed by atoms with van der Waals surface area (Å²) in [4.78, 5) is 26.4. The van der Waals surface area contributed by atoms with Gasteiger partial charge in [-0.1, -0.05) is 36.4 Å². The highest BCUT2D eigenvalue weighted by Gasteiger charge is 2.43. The molecule has 3 aromatic rings. The molecule has 0 saturated carbocycles. The number of carbonyl (C=O) groups excluding carboxylic acids is 2.